The zero-order valence-electron chi connectivity index (χ0n) is 15.3. The predicted octanol–water partition coefficient (Wildman–Crippen LogP) is 3.74. The van der Waals surface area contributed by atoms with Crippen LogP contribution in [0.25, 0.3) is 0 Å². The standard InChI is InChI=1S/C18H34O5/c1-15(2)7-5-9-17(19)22-13-11-21-12-14-23-18(20)10-6-8-16(3)4/h15-16H,5-14H2,1-4H3. The highest BCUT2D eigenvalue weighted by Crippen LogP contribution is 2.07. The molecule has 0 amide bonds. The lowest BCUT2D eigenvalue weighted by atomic mass is 10.1. The van der Waals surface area contributed by atoms with E-state index in [2.05, 4.69) is 27.7 Å². The zero-order valence-corrected chi connectivity index (χ0v) is 15.3. The van der Waals surface area contributed by atoms with Crippen molar-refractivity contribution in [2.75, 3.05) is 26.4 Å². The molecule has 0 fully saturated rings. The summed E-state index contributed by atoms with van der Waals surface area (Å²) in [5.41, 5.74) is 0. The van der Waals surface area contributed by atoms with Crippen molar-refractivity contribution in [3.63, 3.8) is 0 Å². The van der Waals surface area contributed by atoms with Crippen molar-refractivity contribution in [3.05, 3.63) is 0 Å². The Balaban J connectivity index is 3.32. The molecule has 0 aliphatic carbocycles. The van der Waals surface area contributed by atoms with Gasteiger partial charge in [-0.3, -0.25) is 9.59 Å². The molecular weight excluding hydrogens is 296 g/mol. The fourth-order valence-corrected chi connectivity index (χ4v) is 1.98. The van der Waals surface area contributed by atoms with Gasteiger partial charge in [0.2, 0.25) is 0 Å². The molecule has 0 aromatic rings. The van der Waals surface area contributed by atoms with Crippen molar-refractivity contribution in [3.8, 4) is 0 Å². The molecule has 0 unspecified atom stereocenters. The maximum absolute atomic E-state index is 11.4. The van der Waals surface area contributed by atoms with E-state index >= 15 is 0 Å². The van der Waals surface area contributed by atoms with Gasteiger partial charge in [0.25, 0.3) is 0 Å². The Kier molecular flexibility index (Phi) is 13.8. The van der Waals surface area contributed by atoms with Crippen LogP contribution in [0.15, 0.2) is 0 Å². The van der Waals surface area contributed by atoms with E-state index in [-0.39, 0.29) is 25.2 Å². The third-order valence-electron chi connectivity index (χ3n) is 3.31. The molecule has 0 saturated carbocycles. The fraction of sp³-hybridized carbons (Fsp3) is 0.889. The number of carbonyl (C=O) groups is 2. The van der Waals surface area contributed by atoms with Crippen LogP contribution in [0.5, 0.6) is 0 Å². The Morgan fingerprint density at radius 3 is 1.43 bits per heavy atom. The summed E-state index contributed by atoms with van der Waals surface area (Å²) in [5, 5.41) is 0. The second-order valence-corrected chi connectivity index (χ2v) is 6.63. The number of hydrogen-bond acceptors (Lipinski definition) is 5. The van der Waals surface area contributed by atoms with E-state index in [4.69, 9.17) is 14.2 Å². The monoisotopic (exact) mass is 330 g/mol. The van der Waals surface area contributed by atoms with Crippen LogP contribution in [0.1, 0.15) is 66.2 Å². The molecule has 136 valence electrons. The minimum absolute atomic E-state index is 0.175. The molecule has 0 bridgehead atoms. The SMILES string of the molecule is CC(C)CCCC(=O)OCCOCCOC(=O)CCCC(C)C. The van der Waals surface area contributed by atoms with E-state index in [1.807, 2.05) is 0 Å². The first kappa shape index (κ1) is 21.9. The summed E-state index contributed by atoms with van der Waals surface area (Å²) in [4.78, 5) is 22.8. The first-order valence-electron chi connectivity index (χ1n) is 8.80. The Bertz CT molecular complexity index is 283. The van der Waals surface area contributed by atoms with Crippen LogP contribution in [0.3, 0.4) is 0 Å². The van der Waals surface area contributed by atoms with Crippen LogP contribution >= 0.6 is 0 Å². The van der Waals surface area contributed by atoms with Crippen molar-refractivity contribution in [2.24, 2.45) is 11.8 Å². The molecule has 0 aliphatic rings. The third-order valence-corrected chi connectivity index (χ3v) is 3.31. The van der Waals surface area contributed by atoms with E-state index in [9.17, 15) is 9.59 Å². The molecule has 0 spiro atoms. The van der Waals surface area contributed by atoms with Gasteiger partial charge in [0.1, 0.15) is 13.2 Å². The molecule has 0 aromatic heterocycles. The molecule has 0 atom stereocenters. The van der Waals surface area contributed by atoms with E-state index in [0.29, 0.717) is 37.9 Å². The van der Waals surface area contributed by atoms with E-state index in [1.165, 1.54) is 0 Å². The van der Waals surface area contributed by atoms with Crippen LogP contribution in [0, 0.1) is 11.8 Å². The third kappa shape index (κ3) is 17.1. The number of carbonyl (C=O) groups excluding carboxylic acids is 2. The molecule has 0 aliphatic heterocycles. The molecule has 23 heavy (non-hydrogen) atoms. The Morgan fingerprint density at radius 1 is 0.696 bits per heavy atom. The minimum atomic E-state index is -0.175. The number of esters is 2. The Morgan fingerprint density at radius 2 is 1.09 bits per heavy atom. The highest BCUT2D eigenvalue weighted by Gasteiger charge is 2.05. The van der Waals surface area contributed by atoms with Gasteiger partial charge in [-0.1, -0.05) is 40.5 Å². The van der Waals surface area contributed by atoms with Crippen LogP contribution in [-0.2, 0) is 23.8 Å². The molecule has 0 radical (unpaired) electrons. The summed E-state index contributed by atoms with van der Waals surface area (Å²) >= 11 is 0. The second kappa shape index (κ2) is 14.5. The quantitative estimate of drug-likeness (QED) is 0.359. The summed E-state index contributed by atoms with van der Waals surface area (Å²) in [6.45, 7) is 9.71. The van der Waals surface area contributed by atoms with Gasteiger partial charge in [-0.2, -0.15) is 0 Å². The van der Waals surface area contributed by atoms with Crippen molar-refractivity contribution in [2.45, 2.75) is 66.2 Å². The lowest BCUT2D eigenvalue weighted by molar-refractivity contribution is -0.146. The number of hydrogen-bond donors (Lipinski definition) is 0. The zero-order chi connectivity index (χ0) is 17.5. The molecule has 5 heteroatoms. The van der Waals surface area contributed by atoms with Crippen molar-refractivity contribution < 1.29 is 23.8 Å². The Labute approximate surface area is 141 Å². The van der Waals surface area contributed by atoms with Gasteiger partial charge in [-0.25, -0.2) is 0 Å². The molecule has 5 nitrogen and oxygen atoms in total. The molecular formula is C18H34O5. The van der Waals surface area contributed by atoms with E-state index in [0.717, 1.165) is 25.7 Å². The average Bonchev–Trinajstić information content (AvgIpc) is 2.45. The normalized spacial score (nSPS) is 11.0. The van der Waals surface area contributed by atoms with Gasteiger partial charge in [0.15, 0.2) is 0 Å². The van der Waals surface area contributed by atoms with Crippen LogP contribution < -0.4 is 0 Å². The lowest BCUT2D eigenvalue weighted by Gasteiger charge is -2.08. The number of rotatable bonds is 14. The molecule has 0 heterocycles. The molecule has 0 N–H and O–H groups in total. The second-order valence-electron chi connectivity index (χ2n) is 6.63. The van der Waals surface area contributed by atoms with Gasteiger partial charge in [-0.15, -0.1) is 0 Å². The largest absolute Gasteiger partial charge is 0.463 e. The lowest BCUT2D eigenvalue weighted by Crippen LogP contribution is -2.14. The highest BCUT2D eigenvalue weighted by molar-refractivity contribution is 5.69. The summed E-state index contributed by atoms with van der Waals surface area (Å²) in [7, 11) is 0. The van der Waals surface area contributed by atoms with Crippen LogP contribution in [0.4, 0.5) is 0 Å². The summed E-state index contributed by atoms with van der Waals surface area (Å²) in [6, 6.07) is 0. The first-order chi connectivity index (χ1) is 10.9. The number of ether oxygens (including phenoxy) is 3. The van der Waals surface area contributed by atoms with Crippen LogP contribution in [0.2, 0.25) is 0 Å². The van der Waals surface area contributed by atoms with Gasteiger partial charge >= 0.3 is 11.9 Å². The molecule has 0 aromatic carbocycles. The highest BCUT2D eigenvalue weighted by atomic mass is 16.6. The topological polar surface area (TPSA) is 61.8 Å². The summed E-state index contributed by atoms with van der Waals surface area (Å²) in [5.74, 6) is 0.870. The maximum Gasteiger partial charge on any atom is 0.305 e. The fourth-order valence-electron chi connectivity index (χ4n) is 1.98. The molecule has 0 rings (SSSR count). The predicted molar refractivity (Wildman–Crippen MR) is 90.1 cm³/mol. The van der Waals surface area contributed by atoms with Crippen molar-refractivity contribution in [1.82, 2.24) is 0 Å². The average molecular weight is 330 g/mol. The Hall–Kier alpha value is -1.10. The first-order valence-corrected chi connectivity index (χ1v) is 8.80. The van der Waals surface area contributed by atoms with Gasteiger partial charge in [0.05, 0.1) is 13.2 Å². The maximum atomic E-state index is 11.4. The summed E-state index contributed by atoms with van der Waals surface area (Å²) < 4.78 is 15.4. The van der Waals surface area contributed by atoms with Crippen LogP contribution in [-0.4, -0.2) is 38.4 Å². The van der Waals surface area contributed by atoms with Gasteiger partial charge < -0.3 is 14.2 Å². The van der Waals surface area contributed by atoms with E-state index in [1.54, 1.807) is 0 Å². The molecule has 0 saturated heterocycles. The minimum Gasteiger partial charge on any atom is -0.463 e. The van der Waals surface area contributed by atoms with Gasteiger partial charge in [0, 0.05) is 12.8 Å². The van der Waals surface area contributed by atoms with Crippen molar-refractivity contribution in [1.29, 1.82) is 0 Å². The van der Waals surface area contributed by atoms with E-state index < -0.39 is 0 Å². The summed E-state index contributed by atoms with van der Waals surface area (Å²) in [6.07, 6.45) is 4.73. The van der Waals surface area contributed by atoms with Crippen molar-refractivity contribution >= 4 is 11.9 Å². The van der Waals surface area contributed by atoms with Gasteiger partial charge in [-0.05, 0) is 24.7 Å². The smallest absolute Gasteiger partial charge is 0.305 e.